The molecule has 0 aromatic heterocycles. The van der Waals surface area contributed by atoms with Crippen LogP contribution in [0.1, 0.15) is 27.9 Å². The van der Waals surface area contributed by atoms with Gasteiger partial charge in [-0.05, 0) is 42.8 Å². The molecule has 1 fully saturated rings. The maximum atomic E-state index is 12.9. The minimum Gasteiger partial charge on any atom is -0.348 e. The quantitative estimate of drug-likeness (QED) is 0.564. The van der Waals surface area contributed by atoms with Crippen molar-refractivity contribution in [3.63, 3.8) is 0 Å². The van der Waals surface area contributed by atoms with Crippen molar-refractivity contribution in [1.82, 2.24) is 5.32 Å². The molecule has 0 bridgehead atoms. The van der Waals surface area contributed by atoms with Crippen molar-refractivity contribution >= 4 is 40.7 Å². The summed E-state index contributed by atoms with van der Waals surface area (Å²) in [4.78, 5) is 39.8. The van der Waals surface area contributed by atoms with Gasteiger partial charge in [-0.25, -0.2) is 0 Å². The maximum absolute atomic E-state index is 12.9. The average Bonchev–Trinajstić information content (AvgIpc) is 3.21. The molecule has 0 saturated carbocycles. The fourth-order valence-electron chi connectivity index (χ4n) is 3.79. The van der Waals surface area contributed by atoms with Crippen LogP contribution in [0.4, 0.5) is 11.4 Å². The number of benzene rings is 3. The third kappa shape index (κ3) is 5.41. The van der Waals surface area contributed by atoms with Crippen LogP contribution in [-0.4, -0.2) is 24.3 Å². The molecule has 4 rings (SSSR count). The lowest BCUT2D eigenvalue weighted by molar-refractivity contribution is -0.122. The molecule has 1 heterocycles. The minimum absolute atomic E-state index is 0.0974. The van der Waals surface area contributed by atoms with Crippen molar-refractivity contribution in [2.75, 3.05) is 16.8 Å². The summed E-state index contributed by atoms with van der Waals surface area (Å²) in [5, 5.41) is 6.26. The molecular formula is C26H24ClN3O3. The molecular weight excluding hydrogens is 438 g/mol. The van der Waals surface area contributed by atoms with Gasteiger partial charge in [0.1, 0.15) is 0 Å². The topological polar surface area (TPSA) is 78.5 Å². The van der Waals surface area contributed by atoms with E-state index in [9.17, 15) is 14.4 Å². The van der Waals surface area contributed by atoms with E-state index in [1.165, 1.54) is 0 Å². The van der Waals surface area contributed by atoms with Crippen molar-refractivity contribution in [3.05, 3.63) is 94.5 Å². The van der Waals surface area contributed by atoms with E-state index in [-0.39, 0.29) is 30.7 Å². The molecule has 1 aliphatic heterocycles. The Hall–Kier alpha value is -3.64. The summed E-state index contributed by atoms with van der Waals surface area (Å²) < 4.78 is 0. The number of hydrogen-bond donors (Lipinski definition) is 2. The Labute approximate surface area is 197 Å². The van der Waals surface area contributed by atoms with Gasteiger partial charge in [0, 0.05) is 30.2 Å². The molecule has 1 atom stereocenters. The van der Waals surface area contributed by atoms with E-state index in [0.29, 0.717) is 28.5 Å². The van der Waals surface area contributed by atoms with E-state index < -0.39 is 5.92 Å². The Kier molecular flexibility index (Phi) is 6.75. The number of carbonyl (C=O) groups excluding carboxylic acids is 3. The molecule has 3 aromatic rings. The summed E-state index contributed by atoms with van der Waals surface area (Å²) in [6, 6.07) is 21.8. The average molecular weight is 462 g/mol. The predicted molar refractivity (Wildman–Crippen MR) is 129 cm³/mol. The molecule has 1 saturated heterocycles. The van der Waals surface area contributed by atoms with Gasteiger partial charge in [-0.2, -0.15) is 0 Å². The highest BCUT2D eigenvalue weighted by Crippen LogP contribution is 2.28. The first kappa shape index (κ1) is 22.6. The van der Waals surface area contributed by atoms with Gasteiger partial charge in [-0.1, -0.05) is 59.6 Å². The smallest absolute Gasteiger partial charge is 0.253 e. The Morgan fingerprint density at radius 2 is 1.79 bits per heavy atom. The molecule has 0 unspecified atom stereocenters. The van der Waals surface area contributed by atoms with Crippen molar-refractivity contribution in [3.8, 4) is 0 Å². The summed E-state index contributed by atoms with van der Waals surface area (Å²) in [5.74, 6) is -1.25. The highest BCUT2D eigenvalue weighted by molar-refractivity contribution is 6.31. The number of nitrogens with zero attached hydrogens (tertiary/aromatic N) is 1. The standard InChI is InChI=1S/C26H24ClN3O3/c1-17-9-11-18(12-10-17)15-28-26(33)22-7-2-3-8-23(22)29-25(32)19-13-24(31)30(16-19)21-6-4-5-20(27)14-21/h2-12,14,19H,13,15-16H2,1H3,(H,28,33)(H,29,32)/t19-/m1/s1. The van der Waals surface area contributed by atoms with Gasteiger partial charge in [-0.3, -0.25) is 14.4 Å². The van der Waals surface area contributed by atoms with E-state index in [4.69, 9.17) is 11.6 Å². The number of halogens is 1. The van der Waals surface area contributed by atoms with Gasteiger partial charge in [0.2, 0.25) is 11.8 Å². The Morgan fingerprint density at radius 3 is 2.55 bits per heavy atom. The van der Waals surface area contributed by atoms with Crippen LogP contribution in [0, 0.1) is 12.8 Å². The van der Waals surface area contributed by atoms with E-state index in [0.717, 1.165) is 11.1 Å². The van der Waals surface area contributed by atoms with Crippen LogP contribution in [0.3, 0.4) is 0 Å². The number of anilines is 2. The first-order valence-corrected chi connectivity index (χ1v) is 11.1. The fourth-order valence-corrected chi connectivity index (χ4v) is 3.97. The zero-order valence-electron chi connectivity index (χ0n) is 18.2. The Balaban J connectivity index is 1.42. The molecule has 33 heavy (non-hydrogen) atoms. The number of aryl methyl sites for hydroxylation is 1. The molecule has 0 spiro atoms. The largest absolute Gasteiger partial charge is 0.348 e. The molecule has 0 aliphatic carbocycles. The first-order chi connectivity index (χ1) is 15.9. The zero-order valence-corrected chi connectivity index (χ0v) is 18.9. The number of amides is 3. The van der Waals surface area contributed by atoms with Crippen molar-refractivity contribution in [2.45, 2.75) is 19.9 Å². The summed E-state index contributed by atoms with van der Waals surface area (Å²) in [7, 11) is 0. The number of hydrogen-bond acceptors (Lipinski definition) is 3. The summed E-state index contributed by atoms with van der Waals surface area (Å²) in [6.07, 6.45) is 0.0974. The molecule has 3 aromatic carbocycles. The lowest BCUT2D eigenvalue weighted by Crippen LogP contribution is -2.29. The van der Waals surface area contributed by atoms with E-state index >= 15 is 0 Å². The van der Waals surface area contributed by atoms with E-state index in [1.54, 1.807) is 53.4 Å². The summed E-state index contributed by atoms with van der Waals surface area (Å²) in [5.41, 5.74) is 3.59. The SMILES string of the molecule is Cc1ccc(CNC(=O)c2ccccc2NC(=O)[C@@H]2CC(=O)N(c3cccc(Cl)c3)C2)cc1. The normalized spacial score (nSPS) is 15.4. The third-order valence-electron chi connectivity index (χ3n) is 5.62. The lowest BCUT2D eigenvalue weighted by atomic mass is 10.1. The van der Waals surface area contributed by atoms with Crippen LogP contribution in [0.5, 0.6) is 0 Å². The second-order valence-corrected chi connectivity index (χ2v) is 8.52. The Bertz CT molecular complexity index is 1190. The molecule has 6 nitrogen and oxygen atoms in total. The van der Waals surface area contributed by atoms with Gasteiger partial charge >= 0.3 is 0 Å². The Morgan fingerprint density at radius 1 is 1.03 bits per heavy atom. The molecule has 7 heteroatoms. The van der Waals surface area contributed by atoms with Crippen LogP contribution in [0.2, 0.25) is 5.02 Å². The van der Waals surface area contributed by atoms with Crippen LogP contribution in [0.15, 0.2) is 72.8 Å². The monoisotopic (exact) mass is 461 g/mol. The first-order valence-electron chi connectivity index (χ1n) is 10.7. The van der Waals surface area contributed by atoms with Gasteiger partial charge < -0.3 is 15.5 Å². The molecule has 168 valence electrons. The second-order valence-electron chi connectivity index (χ2n) is 8.09. The molecule has 2 N–H and O–H groups in total. The summed E-state index contributed by atoms with van der Waals surface area (Å²) in [6.45, 7) is 2.65. The number of nitrogens with one attached hydrogen (secondary N) is 2. The van der Waals surface area contributed by atoms with Crippen molar-refractivity contribution < 1.29 is 14.4 Å². The number of para-hydroxylation sites is 1. The van der Waals surface area contributed by atoms with Crippen LogP contribution >= 0.6 is 11.6 Å². The number of rotatable bonds is 6. The van der Waals surface area contributed by atoms with Gasteiger partial charge in [0.25, 0.3) is 5.91 Å². The van der Waals surface area contributed by atoms with Crippen LogP contribution in [-0.2, 0) is 16.1 Å². The van der Waals surface area contributed by atoms with E-state index in [2.05, 4.69) is 10.6 Å². The lowest BCUT2D eigenvalue weighted by Gasteiger charge is -2.17. The minimum atomic E-state index is -0.528. The molecule has 3 amide bonds. The molecule has 1 aliphatic rings. The van der Waals surface area contributed by atoms with E-state index in [1.807, 2.05) is 31.2 Å². The predicted octanol–water partition coefficient (Wildman–Crippen LogP) is 4.57. The van der Waals surface area contributed by atoms with Crippen molar-refractivity contribution in [1.29, 1.82) is 0 Å². The van der Waals surface area contributed by atoms with Gasteiger partial charge in [0.05, 0.1) is 17.2 Å². The third-order valence-corrected chi connectivity index (χ3v) is 5.85. The van der Waals surface area contributed by atoms with Gasteiger partial charge in [-0.15, -0.1) is 0 Å². The fraction of sp³-hybridized carbons (Fsp3) is 0.192. The highest BCUT2D eigenvalue weighted by Gasteiger charge is 2.35. The molecule has 0 radical (unpaired) electrons. The van der Waals surface area contributed by atoms with Gasteiger partial charge in [0.15, 0.2) is 0 Å². The highest BCUT2D eigenvalue weighted by atomic mass is 35.5. The number of carbonyl (C=O) groups is 3. The maximum Gasteiger partial charge on any atom is 0.253 e. The zero-order chi connectivity index (χ0) is 23.4. The summed E-state index contributed by atoms with van der Waals surface area (Å²) >= 11 is 6.04. The van der Waals surface area contributed by atoms with Crippen LogP contribution in [0.25, 0.3) is 0 Å². The van der Waals surface area contributed by atoms with Crippen molar-refractivity contribution in [2.24, 2.45) is 5.92 Å². The second kappa shape index (κ2) is 9.88. The van der Waals surface area contributed by atoms with Crippen LogP contribution < -0.4 is 15.5 Å².